The highest BCUT2D eigenvalue weighted by atomic mass is 16.5. The number of rotatable bonds is 7. The molecule has 0 aliphatic rings. The standard InChI is InChI=1S/C14H18N2O4/c1-11(17)9-13(18)15-7-8-16-14(19)20-10-12-5-3-2-4-6-12/h2-6H,7-10H2,1H3,(H,15,18)(H,16,19). The Morgan fingerprint density at radius 2 is 1.70 bits per heavy atom. The van der Waals surface area contributed by atoms with Crippen LogP contribution in [0.1, 0.15) is 18.9 Å². The molecule has 1 aromatic carbocycles. The molecule has 1 aromatic rings. The minimum absolute atomic E-state index is 0.140. The Bertz CT molecular complexity index is 460. The predicted molar refractivity (Wildman–Crippen MR) is 72.9 cm³/mol. The van der Waals surface area contributed by atoms with Crippen LogP contribution in [-0.4, -0.2) is 30.9 Å². The molecule has 6 nitrogen and oxygen atoms in total. The number of ether oxygens (including phenoxy) is 1. The zero-order valence-corrected chi connectivity index (χ0v) is 11.3. The van der Waals surface area contributed by atoms with E-state index in [2.05, 4.69) is 10.6 Å². The van der Waals surface area contributed by atoms with Gasteiger partial charge in [-0.2, -0.15) is 0 Å². The molecule has 0 aromatic heterocycles. The predicted octanol–water partition coefficient (Wildman–Crippen LogP) is 1.01. The summed E-state index contributed by atoms with van der Waals surface area (Å²) in [4.78, 5) is 33.1. The fraction of sp³-hybridized carbons (Fsp3) is 0.357. The number of nitrogens with one attached hydrogen (secondary N) is 2. The molecule has 0 saturated heterocycles. The average molecular weight is 278 g/mol. The number of ketones is 1. The fourth-order valence-electron chi connectivity index (χ4n) is 1.43. The molecule has 0 saturated carbocycles. The summed E-state index contributed by atoms with van der Waals surface area (Å²) >= 11 is 0. The number of benzene rings is 1. The number of hydrogen-bond donors (Lipinski definition) is 2. The molecule has 0 fully saturated rings. The molecule has 0 heterocycles. The lowest BCUT2D eigenvalue weighted by Crippen LogP contribution is -2.35. The summed E-state index contributed by atoms with van der Waals surface area (Å²) in [6.07, 6.45) is -0.687. The average Bonchev–Trinajstić information content (AvgIpc) is 2.42. The van der Waals surface area contributed by atoms with E-state index in [1.807, 2.05) is 30.3 Å². The van der Waals surface area contributed by atoms with Gasteiger partial charge in [0, 0.05) is 13.1 Å². The lowest BCUT2D eigenvalue weighted by molar-refractivity contribution is -0.127. The highest BCUT2D eigenvalue weighted by Gasteiger charge is 2.05. The van der Waals surface area contributed by atoms with Gasteiger partial charge in [0.05, 0.1) is 6.42 Å². The largest absolute Gasteiger partial charge is 0.445 e. The molecule has 6 heteroatoms. The first kappa shape index (κ1) is 15.7. The molecule has 0 spiro atoms. The summed E-state index contributed by atoms with van der Waals surface area (Å²) in [6, 6.07) is 9.32. The van der Waals surface area contributed by atoms with E-state index < -0.39 is 6.09 Å². The second-order valence-corrected chi connectivity index (χ2v) is 4.22. The van der Waals surface area contributed by atoms with Crippen LogP contribution in [-0.2, 0) is 20.9 Å². The van der Waals surface area contributed by atoms with Crippen molar-refractivity contribution in [1.29, 1.82) is 0 Å². The highest BCUT2D eigenvalue weighted by Crippen LogP contribution is 2.00. The van der Waals surface area contributed by atoms with E-state index in [0.717, 1.165) is 5.56 Å². The van der Waals surface area contributed by atoms with Crippen molar-refractivity contribution < 1.29 is 19.1 Å². The molecule has 2 amide bonds. The maximum Gasteiger partial charge on any atom is 0.407 e. The minimum atomic E-state index is -0.547. The van der Waals surface area contributed by atoms with Crippen molar-refractivity contribution in [2.75, 3.05) is 13.1 Å². The molecule has 0 bridgehead atoms. The summed E-state index contributed by atoms with van der Waals surface area (Å²) in [6.45, 7) is 2.05. The number of hydrogen-bond acceptors (Lipinski definition) is 4. The van der Waals surface area contributed by atoms with E-state index in [0.29, 0.717) is 0 Å². The Kier molecular flexibility index (Phi) is 6.81. The third-order valence-electron chi connectivity index (χ3n) is 2.34. The summed E-state index contributed by atoms with van der Waals surface area (Å²) < 4.78 is 4.98. The van der Waals surface area contributed by atoms with E-state index in [1.54, 1.807) is 0 Å². The smallest absolute Gasteiger partial charge is 0.407 e. The first-order chi connectivity index (χ1) is 9.58. The Labute approximate surface area is 117 Å². The molecule has 20 heavy (non-hydrogen) atoms. The van der Waals surface area contributed by atoms with E-state index in [4.69, 9.17) is 4.74 Å². The summed E-state index contributed by atoms with van der Waals surface area (Å²) in [7, 11) is 0. The minimum Gasteiger partial charge on any atom is -0.445 e. The Morgan fingerprint density at radius 3 is 2.35 bits per heavy atom. The third kappa shape index (κ3) is 7.15. The second-order valence-electron chi connectivity index (χ2n) is 4.22. The molecule has 0 aliphatic carbocycles. The van der Waals surface area contributed by atoms with E-state index in [9.17, 15) is 14.4 Å². The first-order valence-corrected chi connectivity index (χ1v) is 6.28. The molecular formula is C14H18N2O4. The molecular weight excluding hydrogens is 260 g/mol. The van der Waals surface area contributed by atoms with Gasteiger partial charge in [-0.1, -0.05) is 30.3 Å². The number of amides is 2. The summed E-state index contributed by atoms with van der Waals surface area (Å²) in [5.74, 6) is -0.547. The van der Waals surface area contributed by atoms with Crippen LogP contribution < -0.4 is 10.6 Å². The first-order valence-electron chi connectivity index (χ1n) is 6.28. The fourth-order valence-corrected chi connectivity index (χ4v) is 1.43. The number of alkyl carbamates (subject to hydrolysis) is 1. The molecule has 1 rings (SSSR count). The van der Waals surface area contributed by atoms with Crippen molar-refractivity contribution in [2.24, 2.45) is 0 Å². The van der Waals surface area contributed by atoms with Gasteiger partial charge < -0.3 is 15.4 Å². The van der Waals surface area contributed by atoms with Crippen molar-refractivity contribution in [3.8, 4) is 0 Å². The van der Waals surface area contributed by atoms with Gasteiger partial charge in [-0.3, -0.25) is 9.59 Å². The summed E-state index contributed by atoms with van der Waals surface area (Å²) in [5, 5.41) is 5.01. The molecule has 0 aliphatic heterocycles. The van der Waals surface area contributed by atoms with Gasteiger partial charge in [-0.05, 0) is 12.5 Å². The Morgan fingerprint density at radius 1 is 1.05 bits per heavy atom. The molecule has 0 atom stereocenters. The number of carbonyl (C=O) groups is 3. The maximum absolute atomic E-state index is 11.3. The van der Waals surface area contributed by atoms with Crippen molar-refractivity contribution >= 4 is 17.8 Å². The van der Waals surface area contributed by atoms with Crippen LogP contribution in [0.2, 0.25) is 0 Å². The second kappa shape index (κ2) is 8.68. The third-order valence-corrected chi connectivity index (χ3v) is 2.34. The van der Waals surface area contributed by atoms with Crippen LogP contribution in [0.5, 0.6) is 0 Å². The zero-order valence-electron chi connectivity index (χ0n) is 11.3. The van der Waals surface area contributed by atoms with Gasteiger partial charge >= 0.3 is 6.09 Å². The lowest BCUT2D eigenvalue weighted by Gasteiger charge is -2.07. The van der Waals surface area contributed by atoms with Crippen LogP contribution in [0.3, 0.4) is 0 Å². The number of Topliss-reactive ketones (excluding diaryl/α,β-unsaturated/α-hetero) is 1. The Balaban J connectivity index is 2.09. The maximum atomic E-state index is 11.3. The zero-order chi connectivity index (χ0) is 14.8. The number of carbonyl (C=O) groups excluding carboxylic acids is 3. The Hall–Kier alpha value is -2.37. The van der Waals surface area contributed by atoms with Crippen LogP contribution in [0.25, 0.3) is 0 Å². The molecule has 0 unspecified atom stereocenters. The van der Waals surface area contributed by atoms with Gasteiger partial charge in [0.25, 0.3) is 0 Å². The van der Waals surface area contributed by atoms with Crippen LogP contribution in [0.15, 0.2) is 30.3 Å². The monoisotopic (exact) mass is 278 g/mol. The quantitative estimate of drug-likeness (QED) is 0.576. The molecule has 2 N–H and O–H groups in total. The molecule has 108 valence electrons. The summed E-state index contributed by atoms with van der Waals surface area (Å²) in [5.41, 5.74) is 0.900. The van der Waals surface area contributed by atoms with Crippen LogP contribution >= 0.6 is 0 Å². The van der Waals surface area contributed by atoms with Crippen molar-refractivity contribution in [3.05, 3.63) is 35.9 Å². The van der Waals surface area contributed by atoms with Gasteiger partial charge in [0.2, 0.25) is 5.91 Å². The van der Waals surface area contributed by atoms with Crippen LogP contribution in [0, 0.1) is 0 Å². The van der Waals surface area contributed by atoms with Crippen molar-refractivity contribution in [1.82, 2.24) is 10.6 Å². The van der Waals surface area contributed by atoms with E-state index >= 15 is 0 Å². The lowest BCUT2D eigenvalue weighted by atomic mass is 10.2. The van der Waals surface area contributed by atoms with Crippen molar-refractivity contribution in [3.63, 3.8) is 0 Å². The normalized spacial score (nSPS) is 9.65. The van der Waals surface area contributed by atoms with Crippen molar-refractivity contribution in [2.45, 2.75) is 20.0 Å². The molecule has 0 radical (unpaired) electrons. The van der Waals surface area contributed by atoms with E-state index in [1.165, 1.54) is 6.92 Å². The van der Waals surface area contributed by atoms with Crippen LogP contribution in [0.4, 0.5) is 4.79 Å². The van der Waals surface area contributed by atoms with Gasteiger partial charge in [-0.25, -0.2) is 4.79 Å². The van der Waals surface area contributed by atoms with Gasteiger partial charge in [0.15, 0.2) is 0 Å². The topological polar surface area (TPSA) is 84.5 Å². The van der Waals surface area contributed by atoms with E-state index in [-0.39, 0.29) is 37.8 Å². The van der Waals surface area contributed by atoms with Gasteiger partial charge in [-0.15, -0.1) is 0 Å². The van der Waals surface area contributed by atoms with Gasteiger partial charge in [0.1, 0.15) is 12.4 Å². The SMILES string of the molecule is CC(=O)CC(=O)NCCNC(=O)OCc1ccccc1. The highest BCUT2D eigenvalue weighted by molar-refractivity contribution is 5.96.